The standard InChI is InChI=1S/C11H18N4O2/c1-8-7-9(14-11(12-2)13-8)10(17)15(3)5-4-6-16/h7,16H,4-6H2,1-3H3,(H,12,13,14). The number of nitrogens with one attached hydrogen (secondary N) is 1. The van der Waals surface area contributed by atoms with E-state index < -0.39 is 0 Å². The van der Waals surface area contributed by atoms with Gasteiger partial charge in [-0.3, -0.25) is 4.79 Å². The normalized spacial score (nSPS) is 10.1. The van der Waals surface area contributed by atoms with Crippen molar-refractivity contribution >= 4 is 11.9 Å². The molecule has 6 heteroatoms. The zero-order valence-corrected chi connectivity index (χ0v) is 10.4. The van der Waals surface area contributed by atoms with Gasteiger partial charge in [0.1, 0.15) is 5.69 Å². The monoisotopic (exact) mass is 238 g/mol. The van der Waals surface area contributed by atoms with Gasteiger partial charge >= 0.3 is 0 Å². The highest BCUT2D eigenvalue weighted by Crippen LogP contribution is 2.07. The molecule has 0 radical (unpaired) electrons. The van der Waals surface area contributed by atoms with Crippen molar-refractivity contribution in [1.82, 2.24) is 14.9 Å². The van der Waals surface area contributed by atoms with Crippen molar-refractivity contribution in [3.05, 3.63) is 17.5 Å². The minimum Gasteiger partial charge on any atom is -0.396 e. The Hall–Kier alpha value is -1.69. The number of amides is 1. The van der Waals surface area contributed by atoms with Gasteiger partial charge in [-0.25, -0.2) is 9.97 Å². The van der Waals surface area contributed by atoms with Crippen molar-refractivity contribution in [2.75, 3.05) is 32.6 Å². The molecule has 0 spiro atoms. The summed E-state index contributed by atoms with van der Waals surface area (Å²) < 4.78 is 0. The summed E-state index contributed by atoms with van der Waals surface area (Å²) in [5, 5.41) is 11.5. The van der Waals surface area contributed by atoms with Crippen LogP contribution in [-0.2, 0) is 0 Å². The first-order valence-corrected chi connectivity index (χ1v) is 5.48. The minimum atomic E-state index is -0.166. The number of anilines is 1. The van der Waals surface area contributed by atoms with E-state index >= 15 is 0 Å². The van der Waals surface area contributed by atoms with Crippen molar-refractivity contribution in [1.29, 1.82) is 0 Å². The molecule has 1 aromatic rings. The van der Waals surface area contributed by atoms with Crippen LogP contribution in [0, 0.1) is 6.92 Å². The molecule has 0 aliphatic carbocycles. The van der Waals surface area contributed by atoms with Crippen molar-refractivity contribution in [3.63, 3.8) is 0 Å². The maximum Gasteiger partial charge on any atom is 0.272 e. The van der Waals surface area contributed by atoms with Crippen LogP contribution < -0.4 is 5.32 Å². The lowest BCUT2D eigenvalue weighted by molar-refractivity contribution is 0.0780. The first kappa shape index (κ1) is 13.4. The molecule has 0 atom stereocenters. The minimum absolute atomic E-state index is 0.0716. The van der Waals surface area contributed by atoms with Gasteiger partial charge in [-0.1, -0.05) is 0 Å². The summed E-state index contributed by atoms with van der Waals surface area (Å²) in [6.07, 6.45) is 0.561. The molecular formula is C11H18N4O2. The number of aliphatic hydroxyl groups is 1. The van der Waals surface area contributed by atoms with Crippen LogP contribution in [-0.4, -0.2) is 53.1 Å². The van der Waals surface area contributed by atoms with Crippen LogP contribution in [0.15, 0.2) is 6.07 Å². The molecule has 2 N–H and O–H groups in total. The molecular weight excluding hydrogens is 220 g/mol. The average Bonchev–Trinajstić information content (AvgIpc) is 2.34. The summed E-state index contributed by atoms with van der Waals surface area (Å²) in [4.78, 5) is 21.8. The number of carbonyl (C=O) groups excluding carboxylic acids is 1. The van der Waals surface area contributed by atoms with Crippen LogP contribution in [0.2, 0.25) is 0 Å². The van der Waals surface area contributed by atoms with E-state index in [9.17, 15) is 4.79 Å². The Labute approximate surface area is 101 Å². The fourth-order valence-electron chi connectivity index (χ4n) is 1.39. The molecule has 1 aromatic heterocycles. The second-order valence-corrected chi connectivity index (χ2v) is 3.77. The number of hydrogen-bond donors (Lipinski definition) is 2. The number of carbonyl (C=O) groups is 1. The Morgan fingerprint density at radius 3 is 2.82 bits per heavy atom. The Morgan fingerprint density at radius 1 is 1.53 bits per heavy atom. The third-order valence-electron chi connectivity index (χ3n) is 2.30. The second-order valence-electron chi connectivity index (χ2n) is 3.77. The lowest BCUT2D eigenvalue weighted by atomic mass is 10.3. The predicted molar refractivity (Wildman–Crippen MR) is 65.0 cm³/mol. The highest BCUT2D eigenvalue weighted by Gasteiger charge is 2.14. The van der Waals surface area contributed by atoms with Crippen molar-refractivity contribution in [3.8, 4) is 0 Å². The highest BCUT2D eigenvalue weighted by molar-refractivity contribution is 5.92. The Morgan fingerprint density at radius 2 is 2.24 bits per heavy atom. The molecule has 94 valence electrons. The molecule has 0 unspecified atom stereocenters. The van der Waals surface area contributed by atoms with E-state index in [0.29, 0.717) is 24.6 Å². The van der Waals surface area contributed by atoms with Gasteiger partial charge in [0.05, 0.1) is 0 Å². The number of rotatable bonds is 5. The number of aromatic nitrogens is 2. The number of aryl methyl sites for hydroxylation is 1. The van der Waals surface area contributed by atoms with Gasteiger partial charge < -0.3 is 15.3 Å². The van der Waals surface area contributed by atoms with Crippen LogP contribution in [0.4, 0.5) is 5.95 Å². The summed E-state index contributed by atoms with van der Waals surface area (Å²) in [6.45, 7) is 2.39. The van der Waals surface area contributed by atoms with E-state index in [4.69, 9.17) is 5.11 Å². The summed E-state index contributed by atoms with van der Waals surface area (Å²) in [5.74, 6) is 0.268. The Kier molecular flexibility index (Phi) is 4.84. The first-order valence-electron chi connectivity index (χ1n) is 5.48. The van der Waals surface area contributed by atoms with Gasteiger partial charge in [-0.15, -0.1) is 0 Å². The lowest BCUT2D eigenvalue weighted by Crippen LogP contribution is -2.29. The van der Waals surface area contributed by atoms with E-state index in [2.05, 4.69) is 15.3 Å². The van der Waals surface area contributed by atoms with Crippen LogP contribution in [0.25, 0.3) is 0 Å². The first-order chi connectivity index (χ1) is 8.08. The van der Waals surface area contributed by atoms with Crippen LogP contribution in [0.1, 0.15) is 22.6 Å². The van der Waals surface area contributed by atoms with Crippen LogP contribution >= 0.6 is 0 Å². The van der Waals surface area contributed by atoms with Gasteiger partial charge in [0.2, 0.25) is 5.95 Å². The molecule has 0 saturated heterocycles. The third kappa shape index (κ3) is 3.67. The SMILES string of the molecule is CNc1nc(C)cc(C(=O)N(C)CCCO)n1. The molecule has 0 aromatic carbocycles. The Balaban J connectivity index is 2.84. The van der Waals surface area contributed by atoms with Gasteiger partial charge in [-0.2, -0.15) is 0 Å². The topological polar surface area (TPSA) is 78.4 Å². The van der Waals surface area contributed by atoms with E-state index in [1.807, 2.05) is 6.92 Å². The molecule has 0 aliphatic heterocycles. The molecule has 1 rings (SSSR count). The molecule has 0 aliphatic rings. The molecule has 6 nitrogen and oxygen atoms in total. The maximum absolute atomic E-state index is 12.0. The summed E-state index contributed by atoms with van der Waals surface area (Å²) in [6, 6.07) is 1.65. The predicted octanol–water partition coefficient (Wildman–Crippen LogP) is 0.281. The van der Waals surface area contributed by atoms with Crippen LogP contribution in [0.3, 0.4) is 0 Å². The zero-order valence-electron chi connectivity index (χ0n) is 10.4. The number of aliphatic hydroxyl groups excluding tert-OH is 1. The van der Waals surface area contributed by atoms with E-state index in [-0.39, 0.29) is 12.5 Å². The molecule has 0 saturated carbocycles. The number of nitrogens with zero attached hydrogens (tertiary/aromatic N) is 3. The molecule has 17 heavy (non-hydrogen) atoms. The Bertz CT molecular complexity index is 395. The fourth-order valence-corrected chi connectivity index (χ4v) is 1.39. The highest BCUT2D eigenvalue weighted by atomic mass is 16.3. The third-order valence-corrected chi connectivity index (χ3v) is 2.30. The van der Waals surface area contributed by atoms with Crippen molar-refractivity contribution < 1.29 is 9.90 Å². The summed E-state index contributed by atoms with van der Waals surface area (Å²) in [5.41, 5.74) is 1.10. The fraction of sp³-hybridized carbons (Fsp3) is 0.545. The van der Waals surface area contributed by atoms with Gasteiger partial charge in [-0.05, 0) is 19.4 Å². The molecule has 1 heterocycles. The van der Waals surface area contributed by atoms with Gasteiger partial charge in [0.25, 0.3) is 5.91 Å². The van der Waals surface area contributed by atoms with E-state index in [0.717, 1.165) is 5.69 Å². The summed E-state index contributed by atoms with van der Waals surface area (Å²) in [7, 11) is 3.40. The van der Waals surface area contributed by atoms with Gasteiger partial charge in [0, 0.05) is 32.9 Å². The van der Waals surface area contributed by atoms with Crippen molar-refractivity contribution in [2.45, 2.75) is 13.3 Å². The zero-order chi connectivity index (χ0) is 12.8. The second kappa shape index (κ2) is 6.15. The van der Waals surface area contributed by atoms with Crippen molar-refractivity contribution in [2.24, 2.45) is 0 Å². The average molecular weight is 238 g/mol. The quantitative estimate of drug-likeness (QED) is 0.770. The summed E-state index contributed by atoms with van der Waals surface area (Å²) >= 11 is 0. The van der Waals surface area contributed by atoms with E-state index in [1.54, 1.807) is 20.2 Å². The lowest BCUT2D eigenvalue weighted by Gasteiger charge is -2.16. The number of hydrogen-bond acceptors (Lipinski definition) is 5. The maximum atomic E-state index is 12.0. The smallest absolute Gasteiger partial charge is 0.272 e. The molecule has 1 amide bonds. The van der Waals surface area contributed by atoms with Gasteiger partial charge in [0.15, 0.2) is 0 Å². The van der Waals surface area contributed by atoms with E-state index in [1.165, 1.54) is 4.90 Å². The van der Waals surface area contributed by atoms with Crippen LogP contribution in [0.5, 0.6) is 0 Å². The molecule has 0 bridgehead atoms. The largest absolute Gasteiger partial charge is 0.396 e. The molecule has 0 fully saturated rings.